The van der Waals surface area contributed by atoms with Gasteiger partial charge in [0.25, 0.3) is 0 Å². The van der Waals surface area contributed by atoms with Crippen LogP contribution in [0.25, 0.3) is 11.5 Å². The molecule has 2 fully saturated rings. The molecule has 7 nitrogen and oxygen atoms in total. The zero-order valence-electron chi connectivity index (χ0n) is 17.5. The number of hydrogen-bond donors (Lipinski definition) is 0. The van der Waals surface area contributed by atoms with E-state index in [1.54, 1.807) is 16.4 Å². The third-order valence-electron chi connectivity index (χ3n) is 6.64. The molecule has 3 heterocycles. The maximum Gasteiger partial charge on any atom is 0.191 e. The Morgan fingerprint density at radius 1 is 1.17 bits per heavy atom. The number of fused-ring (bicyclic) bond motifs is 1. The number of piperidine rings is 1. The zero-order chi connectivity index (χ0) is 20.9. The molecule has 0 radical (unpaired) electrons. The summed E-state index contributed by atoms with van der Waals surface area (Å²) in [6.45, 7) is 5.58. The Morgan fingerprint density at radius 3 is 2.70 bits per heavy atom. The number of likely N-dealkylation sites (tertiary alicyclic amines) is 1. The van der Waals surface area contributed by atoms with Gasteiger partial charge in [0.05, 0.1) is 5.69 Å². The molecule has 0 amide bonds. The van der Waals surface area contributed by atoms with Gasteiger partial charge in [-0.3, -0.25) is 4.68 Å². The van der Waals surface area contributed by atoms with Crippen LogP contribution >= 0.6 is 27.7 Å². The first-order chi connectivity index (χ1) is 14.5. The summed E-state index contributed by atoms with van der Waals surface area (Å²) in [5, 5.41) is 18.0. The minimum absolute atomic E-state index is 0.418. The van der Waals surface area contributed by atoms with Crippen LogP contribution in [-0.2, 0) is 19.5 Å². The average Bonchev–Trinajstić information content (AvgIpc) is 2.98. The number of hydrogen-bond acceptors (Lipinski definition) is 6. The Morgan fingerprint density at radius 2 is 1.97 bits per heavy atom. The van der Waals surface area contributed by atoms with E-state index in [0.717, 1.165) is 51.5 Å². The zero-order valence-corrected chi connectivity index (χ0v) is 19.9. The monoisotopic (exact) mass is 487 g/mol. The molecular weight excluding hydrogens is 462 g/mol. The highest BCUT2D eigenvalue weighted by molar-refractivity contribution is 9.10. The van der Waals surface area contributed by atoms with Crippen molar-refractivity contribution in [2.75, 3.05) is 25.4 Å². The lowest BCUT2D eigenvalue weighted by molar-refractivity contribution is 0.299. The second-order valence-electron chi connectivity index (χ2n) is 8.51. The lowest BCUT2D eigenvalue weighted by Crippen LogP contribution is -2.27. The van der Waals surface area contributed by atoms with Crippen molar-refractivity contribution in [1.29, 1.82) is 0 Å². The predicted octanol–water partition coefficient (Wildman–Crippen LogP) is 3.44. The summed E-state index contributed by atoms with van der Waals surface area (Å²) >= 11 is 5.32. The summed E-state index contributed by atoms with van der Waals surface area (Å²) in [5.41, 5.74) is 3.72. The standard InChI is InChI=1S/C21H26BrN7S/c1-14-18(23-26-28(14)3)19-24-25-20(27(19)2)30-10-4-9-29-12-16-11-21(16,13-29)15-5-7-17(22)8-6-15/h5-8,16H,4,9-13H2,1-3H3/t16-,21?/m0/s1. The minimum Gasteiger partial charge on any atom is -0.304 e. The molecule has 30 heavy (non-hydrogen) atoms. The second kappa shape index (κ2) is 7.76. The van der Waals surface area contributed by atoms with Gasteiger partial charge in [-0.1, -0.05) is 45.0 Å². The maximum absolute atomic E-state index is 4.37. The summed E-state index contributed by atoms with van der Waals surface area (Å²) < 4.78 is 4.95. The fourth-order valence-corrected chi connectivity index (χ4v) is 5.79. The van der Waals surface area contributed by atoms with E-state index in [4.69, 9.17) is 0 Å². The van der Waals surface area contributed by atoms with E-state index >= 15 is 0 Å². The van der Waals surface area contributed by atoms with Crippen LogP contribution in [0.5, 0.6) is 0 Å². The molecule has 1 aliphatic heterocycles. The molecule has 9 heteroatoms. The lowest BCUT2D eigenvalue weighted by Gasteiger charge is -2.21. The molecular formula is C21H26BrN7S. The quantitative estimate of drug-likeness (QED) is 0.375. The van der Waals surface area contributed by atoms with Gasteiger partial charge in [-0.05, 0) is 49.9 Å². The Kier molecular flexibility index (Phi) is 5.23. The van der Waals surface area contributed by atoms with Crippen molar-refractivity contribution < 1.29 is 0 Å². The van der Waals surface area contributed by atoms with E-state index in [1.807, 2.05) is 25.6 Å². The van der Waals surface area contributed by atoms with E-state index in [9.17, 15) is 0 Å². The fraction of sp³-hybridized carbons (Fsp3) is 0.524. The third kappa shape index (κ3) is 3.50. The Hall–Kier alpha value is -1.71. The Labute approximate surface area is 189 Å². The normalized spacial score (nSPS) is 23.1. The molecule has 0 spiro atoms. The molecule has 1 unspecified atom stereocenters. The smallest absolute Gasteiger partial charge is 0.191 e. The molecule has 2 aliphatic rings. The van der Waals surface area contributed by atoms with Crippen molar-refractivity contribution in [1.82, 2.24) is 34.7 Å². The summed E-state index contributed by atoms with van der Waals surface area (Å²) in [6, 6.07) is 8.95. The minimum atomic E-state index is 0.418. The number of rotatable bonds is 7. The molecule has 1 saturated carbocycles. The van der Waals surface area contributed by atoms with Crippen molar-refractivity contribution >= 4 is 27.7 Å². The van der Waals surface area contributed by atoms with Crippen LogP contribution in [0.1, 0.15) is 24.1 Å². The Bertz CT molecular complexity index is 1060. The molecule has 1 aliphatic carbocycles. The summed E-state index contributed by atoms with van der Waals surface area (Å²) in [6.07, 6.45) is 2.50. The third-order valence-corrected chi connectivity index (χ3v) is 8.27. The van der Waals surface area contributed by atoms with E-state index in [1.165, 1.54) is 25.1 Å². The van der Waals surface area contributed by atoms with E-state index in [2.05, 4.69) is 65.6 Å². The van der Waals surface area contributed by atoms with Crippen LogP contribution in [0.15, 0.2) is 33.9 Å². The molecule has 0 bridgehead atoms. The number of benzene rings is 1. The highest BCUT2D eigenvalue weighted by Gasteiger charge is 2.60. The molecule has 158 valence electrons. The van der Waals surface area contributed by atoms with Crippen LogP contribution < -0.4 is 0 Å². The maximum atomic E-state index is 4.37. The van der Waals surface area contributed by atoms with Crippen molar-refractivity contribution in [3.05, 3.63) is 40.0 Å². The van der Waals surface area contributed by atoms with Crippen LogP contribution in [0.4, 0.5) is 0 Å². The van der Waals surface area contributed by atoms with Crippen molar-refractivity contribution in [3.63, 3.8) is 0 Å². The van der Waals surface area contributed by atoms with Crippen molar-refractivity contribution in [3.8, 4) is 11.5 Å². The molecule has 0 N–H and O–H groups in total. The summed E-state index contributed by atoms with van der Waals surface area (Å²) in [5.74, 6) is 2.65. The fourth-order valence-electron chi connectivity index (χ4n) is 4.70. The van der Waals surface area contributed by atoms with Gasteiger partial charge in [-0.2, -0.15) is 0 Å². The largest absolute Gasteiger partial charge is 0.304 e. The second-order valence-corrected chi connectivity index (χ2v) is 10.5. The van der Waals surface area contributed by atoms with Gasteiger partial charge in [0.2, 0.25) is 0 Å². The average molecular weight is 488 g/mol. The number of thioether (sulfide) groups is 1. The first-order valence-electron chi connectivity index (χ1n) is 10.4. The SMILES string of the molecule is Cc1c(-c2nnc(SCCCN3C[C@@H]4CC4(c4ccc(Br)cc4)C3)n2C)nnn1C. The van der Waals surface area contributed by atoms with Gasteiger partial charge >= 0.3 is 0 Å². The van der Waals surface area contributed by atoms with E-state index in [0.29, 0.717) is 5.41 Å². The number of nitrogens with zero attached hydrogens (tertiary/aromatic N) is 7. The molecule has 3 aromatic rings. The number of halogens is 1. The van der Waals surface area contributed by atoms with Gasteiger partial charge in [0, 0.05) is 42.8 Å². The van der Waals surface area contributed by atoms with Gasteiger partial charge in [-0.25, -0.2) is 0 Å². The number of aryl methyl sites for hydroxylation is 1. The van der Waals surface area contributed by atoms with Crippen LogP contribution in [-0.4, -0.2) is 60.0 Å². The lowest BCUT2D eigenvalue weighted by atomic mass is 9.95. The van der Waals surface area contributed by atoms with E-state index in [-0.39, 0.29) is 0 Å². The summed E-state index contributed by atoms with van der Waals surface area (Å²) in [4.78, 5) is 2.64. The molecule has 2 aromatic heterocycles. The molecule has 1 aromatic carbocycles. The predicted molar refractivity (Wildman–Crippen MR) is 121 cm³/mol. The van der Waals surface area contributed by atoms with Crippen LogP contribution in [0.3, 0.4) is 0 Å². The molecule has 2 atom stereocenters. The van der Waals surface area contributed by atoms with Gasteiger partial charge < -0.3 is 9.47 Å². The van der Waals surface area contributed by atoms with Crippen molar-refractivity contribution in [2.45, 2.75) is 30.3 Å². The van der Waals surface area contributed by atoms with Gasteiger partial charge in [0.1, 0.15) is 0 Å². The number of aromatic nitrogens is 6. The first kappa shape index (κ1) is 20.2. The molecule has 5 rings (SSSR count). The van der Waals surface area contributed by atoms with Crippen molar-refractivity contribution in [2.24, 2.45) is 20.0 Å². The highest BCUT2D eigenvalue weighted by Crippen LogP contribution is 2.59. The van der Waals surface area contributed by atoms with E-state index < -0.39 is 0 Å². The topological polar surface area (TPSA) is 64.7 Å². The van der Waals surface area contributed by atoms with Crippen LogP contribution in [0, 0.1) is 12.8 Å². The Balaban J connectivity index is 1.13. The summed E-state index contributed by atoms with van der Waals surface area (Å²) in [7, 11) is 3.89. The van der Waals surface area contributed by atoms with Gasteiger partial charge in [-0.15, -0.1) is 15.3 Å². The molecule has 1 saturated heterocycles. The first-order valence-corrected chi connectivity index (χ1v) is 12.1. The van der Waals surface area contributed by atoms with Crippen LogP contribution in [0.2, 0.25) is 0 Å². The highest BCUT2D eigenvalue weighted by atomic mass is 79.9. The van der Waals surface area contributed by atoms with Gasteiger partial charge in [0.15, 0.2) is 16.7 Å².